The van der Waals surface area contributed by atoms with E-state index in [1.807, 2.05) is 24.3 Å². The molecule has 0 amide bonds. The molecule has 0 bridgehead atoms. The minimum absolute atomic E-state index is 0.0547. The molecule has 27 heavy (non-hydrogen) atoms. The van der Waals surface area contributed by atoms with Crippen LogP contribution in [0.15, 0.2) is 58.5 Å². The third-order valence-electron chi connectivity index (χ3n) is 4.71. The summed E-state index contributed by atoms with van der Waals surface area (Å²) in [7, 11) is 0. The highest BCUT2D eigenvalue weighted by atomic mass is 35.5. The lowest BCUT2D eigenvalue weighted by molar-refractivity contribution is 0.631. The molecule has 0 N–H and O–H groups in total. The molecule has 0 radical (unpaired) electrons. The first-order valence-corrected chi connectivity index (χ1v) is 10.6. The summed E-state index contributed by atoms with van der Waals surface area (Å²) in [4.78, 5) is 17.9. The Morgan fingerprint density at radius 3 is 2.67 bits per heavy atom. The molecule has 138 valence electrons. The van der Waals surface area contributed by atoms with Crippen LogP contribution in [0.1, 0.15) is 28.8 Å². The number of hydrogen-bond acceptors (Lipinski definition) is 3. The van der Waals surface area contributed by atoms with Crippen LogP contribution in [0.3, 0.4) is 0 Å². The quantitative estimate of drug-likeness (QED) is 0.413. The second kappa shape index (κ2) is 8.09. The van der Waals surface area contributed by atoms with E-state index in [1.54, 1.807) is 28.5 Å². The van der Waals surface area contributed by atoms with Gasteiger partial charge in [0, 0.05) is 21.4 Å². The number of fused-ring (bicyclic) bond motifs is 1. The van der Waals surface area contributed by atoms with Gasteiger partial charge in [-0.2, -0.15) is 0 Å². The van der Waals surface area contributed by atoms with Gasteiger partial charge in [0.2, 0.25) is 0 Å². The van der Waals surface area contributed by atoms with Crippen LogP contribution in [0, 0.1) is 0 Å². The fourth-order valence-corrected chi connectivity index (χ4v) is 4.73. The van der Waals surface area contributed by atoms with Crippen molar-refractivity contribution in [2.75, 3.05) is 0 Å². The second-order valence-corrected chi connectivity index (χ2v) is 8.36. The van der Waals surface area contributed by atoms with Gasteiger partial charge in [0.25, 0.3) is 5.56 Å². The molecule has 3 aromatic rings. The normalized spacial score (nSPS) is 13.0. The molecule has 1 aromatic heterocycles. The summed E-state index contributed by atoms with van der Waals surface area (Å²) in [6.07, 6.45) is 2.68. The first-order chi connectivity index (χ1) is 13.1. The topological polar surface area (TPSA) is 34.9 Å². The first-order valence-electron chi connectivity index (χ1n) is 8.85. The highest BCUT2D eigenvalue weighted by Crippen LogP contribution is 2.27. The van der Waals surface area contributed by atoms with E-state index in [9.17, 15) is 4.79 Å². The van der Waals surface area contributed by atoms with Gasteiger partial charge < -0.3 is 0 Å². The van der Waals surface area contributed by atoms with Gasteiger partial charge in [0.15, 0.2) is 5.16 Å². The van der Waals surface area contributed by atoms with Crippen molar-refractivity contribution in [3.63, 3.8) is 0 Å². The van der Waals surface area contributed by atoms with Crippen molar-refractivity contribution < 1.29 is 0 Å². The van der Waals surface area contributed by atoms with Gasteiger partial charge in [-0.1, -0.05) is 71.4 Å². The second-order valence-electron chi connectivity index (χ2n) is 6.57. The predicted octanol–water partition coefficient (Wildman–Crippen LogP) is 5.38. The van der Waals surface area contributed by atoms with Gasteiger partial charge >= 0.3 is 0 Å². The molecule has 6 heteroatoms. The summed E-state index contributed by atoms with van der Waals surface area (Å²) in [6, 6.07) is 15.6. The molecule has 0 spiro atoms. The number of thioether (sulfide) groups is 1. The third-order valence-corrected chi connectivity index (χ3v) is 6.34. The number of aromatic nitrogens is 2. The molecule has 0 aliphatic heterocycles. The molecular formula is C21H18Cl2N2OS. The molecular weight excluding hydrogens is 399 g/mol. The minimum Gasteiger partial charge on any atom is -0.283 e. The maximum Gasteiger partial charge on any atom is 0.257 e. The zero-order chi connectivity index (χ0) is 18.8. The van der Waals surface area contributed by atoms with Gasteiger partial charge in [-0.3, -0.25) is 9.36 Å². The van der Waals surface area contributed by atoms with Crippen molar-refractivity contribution in [2.24, 2.45) is 0 Å². The molecule has 1 aliphatic carbocycles. The van der Waals surface area contributed by atoms with Crippen molar-refractivity contribution in [3.05, 3.63) is 91.3 Å². The molecule has 4 rings (SSSR count). The van der Waals surface area contributed by atoms with Crippen LogP contribution in [-0.4, -0.2) is 9.55 Å². The van der Waals surface area contributed by atoms with Gasteiger partial charge in [-0.25, -0.2) is 4.98 Å². The Morgan fingerprint density at radius 1 is 1.07 bits per heavy atom. The molecule has 3 nitrogen and oxygen atoms in total. The Kier molecular flexibility index (Phi) is 5.58. The van der Waals surface area contributed by atoms with Crippen molar-refractivity contribution >= 4 is 35.0 Å². The van der Waals surface area contributed by atoms with Crippen LogP contribution in [0.4, 0.5) is 0 Å². The van der Waals surface area contributed by atoms with Gasteiger partial charge in [-0.05, 0) is 42.5 Å². The van der Waals surface area contributed by atoms with Crippen LogP contribution in [0.2, 0.25) is 10.0 Å². The lowest BCUT2D eigenvalue weighted by Gasteiger charge is -2.15. The van der Waals surface area contributed by atoms with Gasteiger partial charge in [-0.15, -0.1) is 0 Å². The number of benzene rings is 2. The molecule has 1 aliphatic rings. The summed E-state index contributed by atoms with van der Waals surface area (Å²) >= 11 is 13.9. The highest BCUT2D eigenvalue weighted by Gasteiger charge is 2.21. The SMILES string of the molecule is O=c1c2c(nc(SCc3ccccc3)n1Cc1ccc(Cl)cc1Cl)CCC2. The maximum absolute atomic E-state index is 13.1. The monoisotopic (exact) mass is 416 g/mol. The average Bonchev–Trinajstić information content (AvgIpc) is 3.14. The number of halogens is 2. The van der Waals surface area contributed by atoms with E-state index in [0.717, 1.165) is 47.0 Å². The van der Waals surface area contributed by atoms with E-state index in [0.29, 0.717) is 16.6 Å². The molecule has 0 fully saturated rings. The third kappa shape index (κ3) is 4.08. The zero-order valence-corrected chi connectivity index (χ0v) is 16.9. The van der Waals surface area contributed by atoms with Crippen LogP contribution in [-0.2, 0) is 25.1 Å². The van der Waals surface area contributed by atoms with Gasteiger partial charge in [0.05, 0.1) is 12.2 Å². The van der Waals surface area contributed by atoms with Crippen LogP contribution in [0.5, 0.6) is 0 Å². The summed E-state index contributed by atoms with van der Waals surface area (Å²) in [5, 5.41) is 1.89. The summed E-state index contributed by atoms with van der Waals surface area (Å²) < 4.78 is 1.76. The smallest absolute Gasteiger partial charge is 0.257 e. The fraction of sp³-hybridized carbons (Fsp3) is 0.238. The van der Waals surface area contributed by atoms with E-state index in [2.05, 4.69) is 12.1 Å². The molecule has 2 aromatic carbocycles. The number of aryl methyl sites for hydroxylation is 1. The number of nitrogens with zero attached hydrogens (tertiary/aromatic N) is 2. The van der Waals surface area contributed by atoms with E-state index >= 15 is 0 Å². The van der Waals surface area contributed by atoms with E-state index in [4.69, 9.17) is 28.2 Å². The highest BCUT2D eigenvalue weighted by molar-refractivity contribution is 7.98. The molecule has 0 unspecified atom stereocenters. The summed E-state index contributed by atoms with van der Waals surface area (Å²) in [5.41, 5.74) is 3.93. The summed E-state index contributed by atoms with van der Waals surface area (Å²) in [6.45, 7) is 0.395. The maximum atomic E-state index is 13.1. The zero-order valence-electron chi connectivity index (χ0n) is 14.6. The Morgan fingerprint density at radius 2 is 1.89 bits per heavy atom. The van der Waals surface area contributed by atoms with Crippen molar-refractivity contribution in [1.82, 2.24) is 9.55 Å². The molecule has 0 atom stereocenters. The van der Waals surface area contributed by atoms with Crippen LogP contribution in [0.25, 0.3) is 0 Å². The first kappa shape index (κ1) is 18.6. The van der Waals surface area contributed by atoms with Gasteiger partial charge in [0.1, 0.15) is 0 Å². The van der Waals surface area contributed by atoms with E-state index < -0.39 is 0 Å². The Hall–Kier alpha value is -1.75. The Balaban J connectivity index is 1.71. The van der Waals surface area contributed by atoms with Crippen molar-refractivity contribution in [3.8, 4) is 0 Å². The summed E-state index contributed by atoms with van der Waals surface area (Å²) in [5.74, 6) is 0.764. The van der Waals surface area contributed by atoms with Crippen LogP contribution < -0.4 is 5.56 Å². The fourth-order valence-electron chi connectivity index (χ4n) is 3.30. The minimum atomic E-state index is 0.0547. The lowest BCUT2D eigenvalue weighted by Crippen LogP contribution is -2.27. The average molecular weight is 417 g/mol. The largest absolute Gasteiger partial charge is 0.283 e. The number of hydrogen-bond donors (Lipinski definition) is 0. The molecule has 1 heterocycles. The molecule has 0 saturated heterocycles. The number of rotatable bonds is 5. The van der Waals surface area contributed by atoms with Crippen LogP contribution >= 0.6 is 35.0 Å². The van der Waals surface area contributed by atoms with Crippen molar-refractivity contribution in [1.29, 1.82) is 0 Å². The van der Waals surface area contributed by atoms with E-state index in [1.165, 1.54) is 5.56 Å². The standard InChI is InChI=1S/C21H18Cl2N2OS/c22-16-10-9-15(18(23)11-16)12-25-20(26)17-7-4-8-19(17)24-21(25)27-13-14-5-2-1-3-6-14/h1-3,5-6,9-11H,4,7-8,12-13H2. The predicted molar refractivity (Wildman–Crippen MR) is 112 cm³/mol. The Labute approximate surface area is 172 Å². The molecule has 0 saturated carbocycles. The Bertz CT molecular complexity index is 1030. The lowest BCUT2D eigenvalue weighted by atomic mass is 10.2. The van der Waals surface area contributed by atoms with E-state index in [-0.39, 0.29) is 5.56 Å². The van der Waals surface area contributed by atoms with Crippen molar-refractivity contribution in [2.45, 2.75) is 36.7 Å².